The fourth-order valence-corrected chi connectivity index (χ4v) is 5.74. The molecular weight excluding hydrogens is 402 g/mol. The average Bonchev–Trinajstić information content (AvgIpc) is 3.44. The summed E-state index contributed by atoms with van der Waals surface area (Å²) in [6.45, 7) is 2.14. The number of aryl methyl sites for hydroxylation is 1. The predicted molar refractivity (Wildman–Crippen MR) is 112 cm³/mol. The first-order chi connectivity index (χ1) is 14.5. The van der Waals surface area contributed by atoms with Crippen molar-refractivity contribution in [1.29, 1.82) is 0 Å². The lowest BCUT2D eigenvalue weighted by Gasteiger charge is -2.14. The van der Waals surface area contributed by atoms with Crippen LogP contribution < -0.4 is 4.72 Å². The predicted octanol–water partition coefficient (Wildman–Crippen LogP) is 2.04. The van der Waals surface area contributed by atoms with Crippen molar-refractivity contribution in [2.24, 2.45) is 5.92 Å². The largest absolute Gasteiger partial charge is 0.345 e. The first kappa shape index (κ1) is 19.1. The first-order valence-corrected chi connectivity index (χ1v) is 11.7. The summed E-state index contributed by atoms with van der Waals surface area (Å²) >= 11 is 0. The van der Waals surface area contributed by atoms with E-state index in [9.17, 15) is 8.42 Å². The number of rotatable bonds is 6. The number of hydrogen-bond acceptors (Lipinski definition) is 6. The van der Waals surface area contributed by atoms with Gasteiger partial charge in [0, 0.05) is 36.5 Å². The first-order valence-electron chi connectivity index (χ1n) is 10.1. The van der Waals surface area contributed by atoms with Crippen LogP contribution in [0.1, 0.15) is 37.2 Å². The van der Waals surface area contributed by atoms with Gasteiger partial charge in [-0.25, -0.2) is 18.1 Å². The van der Waals surface area contributed by atoms with E-state index >= 15 is 0 Å². The molecule has 4 heterocycles. The van der Waals surface area contributed by atoms with E-state index in [1.165, 1.54) is 0 Å². The molecule has 4 aromatic heterocycles. The highest BCUT2D eigenvalue weighted by Gasteiger charge is 2.37. The normalized spacial score (nSPS) is 22.2. The third-order valence-corrected chi connectivity index (χ3v) is 7.31. The zero-order valence-corrected chi connectivity index (χ0v) is 17.4. The lowest BCUT2D eigenvalue weighted by Crippen LogP contribution is -2.35. The summed E-state index contributed by atoms with van der Waals surface area (Å²) < 4.78 is 30.2. The van der Waals surface area contributed by atoms with E-state index in [0.717, 1.165) is 29.1 Å². The molecule has 156 valence electrons. The van der Waals surface area contributed by atoms with Crippen LogP contribution in [-0.4, -0.2) is 49.8 Å². The summed E-state index contributed by atoms with van der Waals surface area (Å²) in [6, 6.07) is 7.37. The Hall–Kier alpha value is -2.85. The van der Waals surface area contributed by atoms with Gasteiger partial charge >= 0.3 is 0 Å². The van der Waals surface area contributed by atoms with Crippen LogP contribution in [0.15, 0.2) is 42.9 Å². The molecule has 3 atom stereocenters. The highest BCUT2D eigenvalue weighted by atomic mass is 32.2. The third-order valence-electron chi connectivity index (χ3n) is 5.88. The molecule has 0 aliphatic heterocycles. The molecule has 5 rings (SSSR count). The Bertz CT molecular complexity index is 1280. The number of aromatic amines is 1. The quantitative estimate of drug-likeness (QED) is 0.488. The molecule has 0 aromatic carbocycles. The maximum absolute atomic E-state index is 12.6. The summed E-state index contributed by atoms with van der Waals surface area (Å²) in [4.78, 5) is 11.7. The second-order valence-corrected chi connectivity index (χ2v) is 9.85. The molecule has 0 amide bonds. The van der Waals surface area contributed by atoms with Crippen molar-refractivity contribution < 1.29 is 8.42 Å². The Labute approximate surface area is 174 Å². The van der Waals surface area contributed by atoms with Crippen LogP contribution in [0.25, 0.3) is 16.8 Å². The van der Waals surface area contributed by atoms with Crippen LogP contribution in [0.3, 0.4) is 0 Å². The van der Waals surface area contributed by atoms with E-state index in [1.54, 1.807) is 12.4 Å². The lowest BCUT2D eigenvalue weighted by molar-refractivity contribution is 0.505. The van der Waals surface area contributed by atoms with E-state index < -0.39 is 10.0 Å². The molecule has 9 nitrogen and oxygen atoms in total. The number of sulfonamides is 1. The Morgan fingerprint density at radius 2 is 2.10 bits per heavy atom. The number of nitrogens with one attached hydrogen (secondary N) is 2. The van der Waals surface area contributed by atoms with E-state index in [1.807, 2.05) is 34.9 Å². The maximum atomic E-state index is 12.6. The maximum Gasteiger partial charge on any atom is 0.212 e. The van der Waals surface area contributed by atoms with Gasteiger partial charge in [-0.05, 0) is 37.0 Å². The van der Waals surface area contributed by atoms with Gasteiger partial charge < -0.3 is 4.98 Å². The fraction of sp³-hybridized carbons (Fsp3) is 0.400. The number of fused-ring (bicyclic) bond motifs is 3. The second-order valence-electron chi connectivity index (χ2n) is 7.98. The van der Waals surface area contributed by atoms with Crippen molar-refractivity contribution in [3.05, 3.63) is 54.4 Å². The number of aromatic nitrogens is 6. The Kier molecular flexibility index (Phi) is 4.75. The van der Waals surface area contributed by atoms with Crippen molar-refractivity contribution >= 4 is 26.8 Å². The minimum absolute atomic E-state index is 0.0308. The molecule has 1 saturated carbocycles. The van der Waals surface area contributed by atoms with Gasteiger partial charge in [-0.15, -0.1) is 10.2 Å². The molecule has 0 saturated heterocycles. The fourth-order valence-electron chi connectivity index (χ4n) is 4.44. The van der Waals surface area contributed by atoms with Crippen molar-refractivity contribution in [1.82, 2.24) is 34.3 Å². The third kappa shape index (κ3) is 3.56. The topological polar surface area (TPSA) is 118 Å². The van der Waals surface area contributed by atoms with Gasteiger partial charge in [-0.2, -0.15) is 0 Å². The van der Waals surface area contributed by atoms with Gasteiger partial charge in [-0.3, -0.25) is 9.38 Å². The number of nitrogens with zero attached hydrogens (tertiary/aromatic N) is 5. The molecule has 0 bridgehead atoms. The smallest absolute Gasteiger partial charge is 0.212 e. The SMILES string of the molecule is C[C@@H]1C[C@H](NS(=O)(=O)CCc2ccccn2)C[C@@H]1c1nnc2cnc3[nH]ccc3n12. The summed E-state index contributed by atoms with van der Waals surface area (Å²) in [5, 5.41) is 8.72. The number of H-pyrrole nitrogens is 1. The molecule has 0 spiro atoms. The van der Waals surface area contributed by atoms with Gasteiger partial charge in [-0.1, -0.05) is 13.0 Å². The lowest BCUT2D eigenvalue weighted by atomic mass is 9.97. The molecule has 10 heteroatoms. The zero-order chi connectivity index (χ0) is 20.7. The van der Waals surface area contributed by atoms with E-state index in [2.05, 4.69) is 36.8 Å². The van der Waals surface area contributed by atoms with E-state index in [4.69, 9.17) is 0 Å². The standard InChI is InChI=1S/C20H23N7O2S/c1-13-10-15(26-30(28,29)9-6-14-4-2-3-7-21-14)11-16(13)20-25-24-18-12-23-19-17(27(18)20)5-8-22-19/h2-5,7-8,12-13,15-16,22,26H,6,9-11H2,1H3/t13-,15+,16+/m1/s1. The minimum Gasteiger partial charge on any atom is -0.345 e. The van der Waals surface area contributed by atoms with Gasteiger partial charge in [0.25, 0.3) is 0 Å². The van der Waals surface area contributed by atoms with Crippen LogP contribution in [0, 0.1) is 5.92 Å². The van der Waals surface area contributed by atoms with Crippen LogP contribution >= 0.6 is 0 Å². The van der Waals surface area contributed by atoms with Crippen molar-refractivity contribution in [3.63, 3.8) is 0 Å². The summed E-state index contributed by atoms with van der Waals surface area (Å²) in [7, 11) is -3.39. The van der Waals surface area contributed by atoms with Gasteiger partial charge in [0.05, 0.1) is 17.5 Å². The zero-order valence-electron chi connectivity index (χ0n) is 16.6. The van der Waals surface area contributed by atoms with Crippen LogP contribution in [-0.2, 0) is 16.4 Å². The molecule has 1 aliphatic carbocycles. The Morgan fingerprint density at radius 3 is 2.93 bits per heavy atom. The highest BCUT2D eigenvalue weighted by Crippen LogP contribution is 2.39. The van der Waals surface area contributed by atoms with E-state index in [0.29, 0.717) is 18.5 Å². The molecule has 1 fully saturated rings. The summed E-state index contributed by atoms with van der Waals surface area (Å²) in [6.07, 6.45) is 7.08. The number of hydrogen-bond donors (Lipinski definition) is 2. The van der Waals surface area contributed by atoms with Crippen LogP contribution in [0.2, 0.25) is 0 Å². The molecule has 4 aromatic rings. The van der Waals surface area contributed by atoms with Crippen molar-refractivity contribution in [2.45, 2.75) is 38.1 Å². The van der Waals surface area contributed by atoms with Crippen LogP contribution in [0.4, 0.5) is 0 Å². The van der Waals surface area contributed by atoms with Gasteiger partial charge in [0.1, 0.15) is 5.82 Å². The second kappa shape index (κ2) is 7.44. The molecule has 1 aliphatic rings. The summed E-state index contributed by atoms with van der Waals surface area (Å²) in [5.41, 5.74) is 3.18. The van der Waals surface area contributed by atoms with Crippen LogP contribution in [0.5, 0.6) is 0 Å². The minimum atomic E-state index is -3.39. The monoisotopic (exact) mass is 425 g/mol. The number of pyridine rings is 1. The van der Waals surface area contributed by atoms with E-state index in [-0.39, 0.29) is 23.6 Å². The average molecular weight is 426 g/mol. The van der Waals surface area contributed by atoms with Crippen molar-refractivity contribution in [2.75, 3.05) is 5.75 Å². The van der Waals surface area contributed by atoms with Gasteiger partial charge in [0.15, 0.2) is 11.3 Å². The Balaban J connectivity index is 1.33. The highest BCUT2D eigenvalue weighted by molar-refractivity contribution is 7.89. The van der Waals surface area contributed by atoms with Gasteiger partial charge in [0.2, 0.25) is 10.0 Å². The summed E-state index contributed by atoms with van der Waals surface area (Å²) in [5.74, 6) is 1.29. The molecular formula is C20H23N7O2S. The molecule has 0 radical (unpaired) electrons. The Morgan fingerprint density at radius 1 is 1.20 bits per heavy atom. The molecule has 30 heavy (non-hydrogen) atoms. The molecule has 2 N–H and O–H groups in total. The molecule has 0 unspecified atom stereocenters. The van der Waals surface area contributed by atoms with Crippen molar-refractivity contribution in [3.8, 4) is 0 Å².